The molecule has 1 aromatic carbocycles. The Hall–Kier alpha value is -0.900. The monoisotopic (exact) mass is 244 g/mol. The molecule has 0 saturated heterocycles. The summed E-state index contributed by atoms with van der Waals surface area (Å²) in [6.45, 7) is 3.82. The van der Waals surface area contributed by atoms with Crippen molar-refractivity contribution in [1.29, 1.82) is 0 Å². The Bertz CT molecular complexity index is 423. The number of hydrogen-bond acceptors (Lipinski definition) is 2. The van der Waals surface area contributed by atoms with Gasteiger partial charge in [0.1, 0.15) is 5.82 Å². The van der Waals surface area contributed by atoms with Gasteiger partial charge >= 0.3 is 0 Å². The summed E-state index contributed by atoms with van der Waals surface area (Å²) in [7, 11) is -3.30. The maximum absolute atomic E-state index is 12.7. The van der Waals surface area contributed by atoms with Crippen LogP contribution in [0.4, 0.5) is 4.39 Å². The third-order valence-corrected chi connectivity index (χ3v) is 5.02. The van der Waals surface area contributed by atoms with E-state index < -0.39 is 15.7 Å². The van der Waals surface area contributed by atoms with Crippen LogP contribution in [-0.4, -0.2) is 13.7 Å². The van der Waals surface area contributed by atoms with Crippen LogP contribution in [0.5, 0.6) is 0 Å². The fourth-order valence-electron chi connectivity index (χ4n) is 1.72. The first-order chi connectivity index (χ1) is 7.52. The maximum Gasteiger partial charge on any atom is 0.181 e. The lowest BCUT2D eigenvalue weighted by atomic mass is 10.2. The van der Waals surface area contributed by atoms with Gasteiger partial charge in [0.05, 0.1) is 10.1 Å². The fraction of sp³-hybridized carbons (Fsp3) is 0.500. The molecule has 1 atom stereocenters. The van der Waals surface area contributed by atoms with Crippen molar-refractivity contribution in [2.75, 3.05) is 0 Å². The Kier molecular flexibility index (Phi) is 4.47. The molecule has 1 unspecified atom stereocenters. The number of benzene rings is 1. The summed E-state index contributed by atoms with van der Waals surface area (Å²) in [5.41, 5.74) is 0. The molecule has 0 fully saturated rings. The minimum atomic E-state index is -3.30. The van der Waals surface area contributed by atoms with Gasteiger partial charge in [0, 0.05) is 0 Å². The van der Waals surface area contributed by atoms with E-state index in [1.54, 1.807) is 0 Å². The van der Waals surface area contributed by atoms with Crippen molar-refractivity contribution in [1.82, 2.24) is 0 Å². The molecule has 1 rings (SSSR count). The first-order valence-electron chi connectivity index (χ1n) is 5.51. The summed E-state index contributed by atoms with van der Waals surface area (Å²) >= 11 is 0. The van der Waals surface area contributed by atoms with Gasteiger partial charge in [0.2, 0.25) is 0 Å². The zero-order valence-electron chi connectivity index (χ0n) is 9.61. The van der Waals surface area contributed by atoms with Crippen LogP contribution in [0.1, 0.15) is 33.1 Å². The van der Waals surface area contributed by atoms with Gasteiger partial charge in [-0.3, -0.25) is 0 Å². The van der Waals surface area contributed by atoms with Crippen LogP contribution in [0.15, 0.2) is 29.2 Å². The van der Waals surface area contributed by atoms with Crippen LogP contribution in [0.3, 0.4) is 0 Å². The number of rotatable bonds is 5. The molecule has 0 radical (unpaired) electrons. The number of halogens is 1. The van der Waals surface area contributed by atoms with E-state index in [1.807, 2.05) is 13.8 Å². The van der Waals surface area contributed by atoms with E-state index in [0.717, 1.165) is 6.42 Å². The van der Waals surface area contributed by atoms with Gasteiger partial charge in [0.25, 0.3) is 0 Å². The van der Waals surface area contributed by atoms with E-state index in [1.165, 1.54) is 24.3 Å². The highest BCUT2D eigenvalue weighted by molar-refractivity contribution is 7.92. The largest absolute Gasteiger partial charge is 0.223 e. The summed E-state index contributed by atoms with van der Waals surface area (Å²) in [4.78, 5) is 0.217. The van der Waals surface area contributed by atoms with Gasteiger partial charge in [-0.2, -0.15) is 0 Å². The minimum Gasteiger partial charge on any atom is -0.223 e. The van der Waals surface area contributed by atoms with Crippen LogP contribution < -0.4 is 0 Å². The average Bonchev–Trinajstić information content (AvgIpc) is 2.26. The highest BCUT2D eigenvalue weighted by atomic mass is 32.2. The normalized spacial score (nSPS) is 13.7. The topological polar surface area (TPSA) is 34.1 Å². The smallest absolute Gasteiger partial charge is 0.181 e. The van der Waals surface area contributed by atoms with Crippen LogP contribution >= 0.6 is 0 Å². The first kappa shape index (κ1) is 13.2. The predicted molar refractivity (Wildman–Crippen MR) is 62.6 cm³/mol. The Morgan fingerprint density at radius 2 is 1.75 bits per heavy atom. The zero-order chi connectivity index (χ0) is 12.2. The first-order valence-corrected chi connectivity index (χ1v) is 7.06. The van der Waals surface area contributed by atoms with Crippen LogP contribution in [-0.2, 0) is 9.84 Å². The van der Waals surface area contributed by atoms with Gasteiger partial charge < -0.3 is 0 Å². The van der Waals surface area contributed by atoms with Crippen molar-refractivity contribution in [2.45, 2.75) is 43.3 Å². The summed E-state index contributed by atoms with van der Waals surface area (Å²) in [6.07, 6.45) is 2.07. The van der Waals surface area contributed by atoms with Gasteiger partial charge in [-0.1, -0.05) is 20.3 Å². The van der Waals surface area contributed by atoms with Crippen molar-refractivity contribution < 1.29 is 12.8 Å². The Labute approximate surface area is 96.4 Å². The van der Waals surface area contributed by atoms with Crippen molar-refractivity contribution in [2.24, 2.45) is 0 Å². The van der Waals surface area contributed by atoms with E-state index >= 15 is 0 Å². The lowest BCUT2D eigenvalue weighted by molar-refractivity contribution is 0.563. The molecule has 0 aromatic heterocycles. The third kappa shape index (κ3) is 2.82. The Morgan fingerprint density at radius 3 is 2.19 bits per heavy atom. The predicted octanol–water partition coefficient (Wildman–Crippen LogP) is 3.18. The molecule has 0 aliphatic heterocycles. The zero-order valence-corrected chi connectivity index (χ0v) is 10.4. The second-order valence-electron chi connectivity index (χ2n) is 3.82. The Balaban J connectivity index is 3.04. The fourth-order valence-corrected chi connectivity index (χ4v) is 3.60. The van der Waals surface area contributed by atoms with Gasteiger partial charge in [-0.05, 0) is 37.1 Å². The van der Waals surface area contributed by atoms with E-state index in [9.17, 15) is 12.8 Å². The van der Waals surface area contributed by atoms with Crippen molar-refractivity contribution in [3.63, 3.8) is 0 Å². The summed E-state index contributed by atoms with van der Waals surface area (Å²) in [5, 5.41) is -0.358. The second kappa shape index (κ2) is 5.43. The minimum absolute atomic E-state index is 0.217. The van der Waals surface area contributed by atoms with Crippen LogP contribution in [0.25, 0.3) is 0 Å². The average molecular weight is 244 g/mol. The summed E-state index contributed by atoms with van der Waals surface area (Å²) in [5.74, 6) is -0.414. The molecule has 2 nitrogen and oxygen atoms in total. The van der Waals surface area contributed by atoms with Crippen LogP contribution in [0.2, 0.25) is 0 Å². The summed E-state index contributed by atoms with van der Waals surface area (Å²) in [6, 6.07) is 5.04. The van der Waals surface area contributed by atoms with Crippen molar-refractivity contribution >= 4 is 9.84 Å². The molecule has 4 heteroatoms. The molecule has 0 N–H and O–H groups in total. The van der Waals surface area contributed by atoms with Crippen LogP contribution in [0, 0.1) is 5.82 Å². The molecule has 16 heavy (non-hydrogen) atoms. The van der Waals surface area contributed by atoms with Gasteiger partial charge in [0.15, 0.2) is 9.84 Å². The highest BCUT2D eigenvalue weighted by Crippen LogP contribution is 2.21. The van der Waals surface area contributed by atoms with Crippen molar-refractivity contribution in [3.8, 4) is 0 Å². The molecular formula is C12H17FO2S. The number of hydrogen-bond donors (Lipinski definition) is 0. The molecule has 0 spiro atoms. The molecule has 0 bridgehead atoms. The Morgan fingerprint density at radius 1 is 1.19 bits per heavy atom. The van der Waals surface area contributed by atoms with E-state index in [4.69, 9.17) is 0 Å². The summed E-state index contributed by atoms with van der Waals surface area (Å²) < 4.78 is 37.0. The molecule has 90 valence electrons. The molecule has 0 aliphatic carbocycles. The van der Waals surface area contributed by atoms with E-state index in [-0.39, 0.29) is 10.1 Å². The second-order valence-corrected chi connectivity index (χ2v) is 6.05. The molecule has 0 saturated carbocycles. The van der Waals surface area contributed by atoms with E-state index in [2.05, 4.69) is 0 Å². The quantitative estimate of drug-likeness (QED) is 0.745. The maximum atomic E-state index is 12.7. The molecule has 0 aliphatic rings. The molecule has 0 amide bonds. The molecular weight excluding hydrogens is 227 g/mol. The SMILES string of the molecule is CCCC(CC)S(=O)(=O)c1ccc(F)cc1. The standard InChI is InChI=1S/C12H17FO2S/c1-3-5-11(4-2)16(14,15)12-8-6-10(13)7-9-12/h6-9,11H,3-5H2,1-2H3. The lowest BCUT2D eigenvalue weighted by Crippen LogP contribution is -2.20. The molecule has 1 aromatic rings. The van der Waals surface area contributed by atoms with E-state index in [0.29, 0.717) is 12.8 Å². The van der Waals surface area contributed by atoms with Crippen molar-refractivity contribution in [3.05, 3.63) is 30.1 Å². The molecule has 0 heterocycles. The number of sulfone groups is 1. The van der Waals surface area contributed by atoms with Gasteiger partial charge in [-0.25, -0.2) is 12.8 Å². The lowest BCUT2D eigenvalue weighted by Gasteiger charge is -2.14. The van der Waals surface area contributed by atoms with Gasteiger partial charge in [-0.15, -0.1) is 0 Å². The highest BCUT2D eigenvalue weighted by Gasteiger charge is 2.24. The third-order valence-electron chi connectivity index (χ3n) is 2.65.